The summed E-state index contributed by atoms with van der Waals surface area (Å²) in [4.78, 5) is 0. The highest BCUT2D eigenvalue weighted by Gasteiger charge is 1.98. The predicted octanol–water partition coefficient (Wildman–Crippen LogP) is 5.03. The van der Waals surface area contributed by atoms with Gasteiger partial charge >= 0.3 is 0 Å². The Morgan fingerprint density at radius 2 is 1.50 bits per heavy atom. The molecular formula is C18H18. The van der Waals surface area contributed by atoms with E-state index in [-0.39, 0.29) is 0 Å². The first kappa shape index (κ1) is 12.4. The van der Waals surface area contributed by atoms with E-state index in [0.717, 1.165) is 5.57 Å². The van der Waals surface area contributed by atoms with E-state index >= 15 is 0 Å². The van der Waals surface area contributed by atoms with E-state index in [0.29, 0.717) is 0 Å². The van der Waals surface area contributed by atoms with Gasteiger partial charge in [-0.15, -0.1) is 0 Å². The SMILES string of the molecule is C=C(/C=C\c1ccccc1C)c1ccccc1C. The molecule has 2 aromatic carbocycles. The molecular weight excluding hydrogens is 216 g/mol. The van der Waals surface area contributed by atoms with Gasteiger partial charge in [0, 0.05) is 0 Å². The van der Waals surface area contributed by atoms with Crippen LogP contribution in [-0.4, -0.2) is 0 Å². The molecule has 0 unspecified atom stereocenters. The highest BCUT2D eigenvalue weighted by atomic mass is 14.0. The smallest absolute Gasteiger partial charge is 0.0161 e. The topological polar surface area (TPSA) is 0 Å². The minimum absolute atomic E-state index is 1.05. The first-order valence-corrected chi connectivity index (χ1v) is 6.17. The Labute approximate surface area is 109 Å². The normalized spacial score (nSPS) is 10.8. The van der Waals surface area contributed by atoms with Gasteiger partial charge in [-0.1, -0.05) is 67.3 Å². The minimum atomic E-state index is 1.05. The van der Waals surface area contributed by atoms with Crippen LogP contribution in [0, 0.1) is 13.8 Å². The molecule has 2 rings (SSSR count). The Hall–Kier alpha value is -2.08. The molecule has 0 N–H and O–H groups in total. The van der Waals surface area contributed by atoms with Crippen LogP contribution in [0.25, 0.3) is 11.6 Å². The molecule has 0 aromatic heterocycles. The maximum absolute atomic E-state index is 4.14. The van der Waals surface area contributed by atoms with E-state index in [1.807, 2.05) is 0 Å². The summed E-state index contributed by atoms with van der Waals surface area (Å²) in [5.74, 6) is 0. The molecule has 0 saturated carbocycles. The quantitative estimate of drug-likeness (QED) is 0.653. The van der Waals surface area contributed by atoms with Gasteiger partial charge in [0.05, 0.1) is 0 Å². The standard InChI is InChI=1S/C18H18/c1-14-8-4-6-10-17(14)13-12-16(3)18-11-7-5-9-15(18)2/h4-13H,3H2,1-2H3/b13-12-. The van der Waals surface area contributed by atoms with E-state index in [2.05, 4.69) is 81.1 Å². The summed E-state index contributed by atoms with van der Waals surface area (Å²) < 4.78 is 0. The van der Waals surface area contributed by atoms with Crippen molar-refractivity contribution in [3.05, 3.63) is 83.4 Å². The molecule has 0 heterocycles. The van der Waals surface area contributed by atoms with Crippen LogP contribution in [-0.2, 0) is 0 Å². The predicted molar refractivity (Wildman–Crippen MR) is 80.4 cm³/mol. The Balaban J connectivity index is 2.23. The summed E-state index contributed by atoms with van der Waals surface area (Å²) in [7, 11) is 0. The number of benzene rings is 2. The van der Waals surface area contributed by atoms with E-state index < -0.39 is 0 Å². The Morgan fingerprint density at radius 1 is 0.889 bits per heavy atom. The number of rotatable bonds is 3. The molecule has 0 heteroatoms. The average molecular weight is 234 g/mol. The van der Waals surface area contributed by atoms with Crippen molar-refractivity contribution in [2.75, 3.05) is 0 Å². The summed E-state index contributed by atoms with van der Waals surface area (Å²) in [6.07, 6.45) is 4.22. The van der Waals surface area contributed by atoms with Crippen molar-refractivity contribution in [1.82, 2.24) is 0 Å². The summed E-state index contributed by atoms with van der Waals surface area (Å²) >= 11 is 0. The highest BCUT2D eigenvalue weighted by molar-refractivity contribution is 5.79. The van der Waals surface area contributed by atoms with Crippen LogP contribution in [0.15, 0.2) is 61.2 Å². The molecule has 0 aliphatic heterocycles. The lowest BCUT2D eigenvalue weighted by molar-refractivity contribution is 1.43. The Morgan fingerprint density at radius 3 is 2.17 bits per heavy atom. The lowest BCUT2D eigenvalue weighted by Gasteiger charge is -2.05. The zero-order chi connectivity index (χ0) is 13.0. The third-order valence-corrected chi connectivity index (χ3v) is 3.14. The van der Waals surface area contributed by atoms with Gasteiger partial charge in [-0.3, -0.25) is 0 Å². The zero-order valence-corrected chi connectivity index (χ0v) is 11.0. The number of allylic oxidation sites excluding steroid dienone is 2. The molecule has 0 radical (unpaired) electrons. The third-order valence-electron chi connectivity index (χ3n) is 3.14. The van der Waals surface area contributed by atoms with Crippen molar-refractivity contribution >= 4 is 11.6 Å². The lowest BCUT2D eigenvalue weighted by atomic mass is 10.0. The van der Waals surface area contributed by atoms with Gasteiger partial charge in [-0.25, -0.2) is 0 Å². The second-order valence-electron chi connectivity index (χ2n) is 4.53. The van der Waals surface area contributed by atoms with Crippen molar-refractivity contribution in [1.29, 1.82) is 0 Å². The van der Waals surface area contributed by atoms with Gasteiger partial charge in [0.1, 0.15) is 0 Å². The molecule has 0 nitrogen and oxygen atoms in total. The van der Waals surface area contributed by atoms with E-state index in [4.69, 9.17) is 0 Å². The Kier molecular flexibility index (Phi) is 3.78. The Bertz CT molecular complexity index is 588. The number of hydrogen-bond acceptors (Lipinski definition) is 0. The van der Waals surface area contributed by atoms with Crippen LogP contribution in [0.5, 0.6) is 0 Å². The molecule has 0 aliphatic carbocycles. The molecule has 0 amide bonds. The summed E-state index contributed by atoms with van der Waals surface area (Å²) in [6.45, 7) is 8.38. The van der Waals surface area contributed by atoms with Crippen molar-refractivity contribution in [2.45, 2.75) is 13.8 Å². The van der Waals surface area contributed by atoms with Crippen LogP contribution >= 0.6 is 0 Å². The van der Waals surface area contributed by atoms with Gasteiger partial charge < -0.3 is 0 Å². The van der Waals surface area contributed by atoms with E-state index in [1.165, 1.54) is 22.3 Å². The van der Waals surface area contributed by atoms with Crippen molar-refractivity contribution in [3.63, 3.8) is 0 Å². The van der Waals surface area contributed by atoms with Crippen LogP contribution < -0.4 is 0 Å². The summed E-state index contributed by atoms with van der Waals surface area (Å²) in [6, 6.07) is 16.7. The van der Waals surface area contributed by atoms with E-state index in [1.54, 1.807) is 0 Å². The largest absolute Gasteiger partial charge is 0.0911 e. The number of aryl methyl sites for hydroxylation is 2. The maximum Gasteiger partial charge on any atom is -0.0161 e. The molecule has 0 atom stereocenters. The fraction of sp³-hybridized carbons (Fsp3) is 0.111. The summed E-state index contributed by atoms with van der Waals surface area (Å²) in [5, 5.41) is 0. The number of hydrogen-bond donors (Lipinski definition) is 0. The first-order chi connectivity index (χ1) is 8.68. The monoisotopic (exact) mass is 234 g/mol. The molecule has 0 saturated heterocycles. The van der Waals surface area contributed by atoms with Crippen LogP contribution in [0.4, 0.5) is 0 Å². The fourth-order valence-corrected chi connectivity index (χ4v) is 1.99. The third kappa shape index (κ3) is 2.78. The molecule has 0 aliphatic rings. The van der Waals surface area contributed by atoms with Gasteiger partial charge in [0.2, 0.25) is 0 Å². The average Bonchev–Trinajstić information content (AvgIpc) is 2.38. The molecule has 2 aromatic rings. The molecule has 90 valence electrons. The van der Waals surface area contributed by atoms with Crippen molar-refractivity contribution < 1.29 is 0 Å². The van der Waals surface area contributed by atoms with Crippen LogP contribution in [0.2, 0.25) is 0 Å². The fourth-order valence-electron chi connectivity index (χ4n) is 1.99. The zero-order valence-electron chi connectivity index (χ0n) is 11.0. The van der Waals surface area contributed by atoms with Gasteiger partial charge in [0.15, 0.2) is 0 Å². The maximum atomic E-state index is 4.14. The van der Waals surface area contributed by atoms with Crippen LogP contribution in [0.3, 0.4) is 0 Å². The molecule has 18 heavy (non-hydrogen) atoms. The molecule has 0 bridgehead atoms. The van der Waals surface area contributed by atoms with Gasteiger partial charge in [-0.05, 0) is 41.7 Å². The van der Waals surface area contributed by atoms with Crippen molar-refractivity contribution in [2.24, 2.45) is 0 Å². The van der Waals surface area contributed by atoms with Crippen LogP contribution in [0.1, 0.15) is 22.3 Å². The molecule has 0 spiro atoms. The van der Waals surface area contributed by atoms with Gasteiger partial charge in [0.25, 0.3) is 0 Å². The molecule has 0 fully saturated rings. The second-order valence-corrected chi connectivity index (χ2v) is 4.53. The lowest BCUT2D eigenvalue weighted by Crippen LogP contribution is -1.84. The minimum Gasteiger partial charge on any atom is -0.0911 e. The summed E-state index contributed by atoms with van der Waals surface area (Å²) in [5.41, 5.74) is 6.05. The first-order valence-electron chi connectivity index (χ1n) is 6.17. The van der Waals surface area contributed by atoms with Crippen molar-refractivity contribution in [3.8, 4) is 0 Å². The van der Waals surface area contributed by atoms with E-state index in [9.17, 15) is 0 Å². The second kappa shape index (κ2) is 5.50. The highest BCUT2D eigenvalue weighted by Crippen LogP contribution is 2.19. The van der Waals surface area contributed by atoms with Gasteiger partial charge in [-0.2, -0.15) is 0 Å².